The first-order valence-electron chi connectivity index (χ1n) is 15.2. The van der Waals surface area contributed by atoms with E-state index < -0.39 is 16.1 Å². The minimum Gasteiger partial charge on any atom is -0.495 e. The van der Waals surface area contributed by atoms with Gasteiger partial charge in [0.1, 0.15) is 11.9 Å². The lowest BCUT2D eigenvalue weighted by Crippen LogP contribution is -2.63. The zero-order chi connectivity index (χ0) is 30.3. The second-order valence-corrected chi connectivity index (χ2v) is 14.2. The highest BCUT2D eigenvalue weighted by Gasteiger charge is 2.47. The van der Waals surface area contributed by atoms with E-state index in [0.29, 0.717) is 34.5 Å². The van der Waals surface area contributed by atoms with Gasteiger partial charge < -0.3 is 14.4 Å². The Morgan fingerprint density at radius 1 is 0.930 bits per heavy atom. The lowest BCUT2D eigenvalue weighted by molar-refractivity contribution is -0.0740. The van der Waals surface area contributed by atoms with Crippen molar-refractivity contribution in [2.45, 2.75) is 87.0 Å². The largest absolute Gasteiger partial charge is 0.495 e. The first-order chi connectivity index (χ1) is 20.6. The number of nitrogens with one attached hydrogen (secondary N) is 2. The number of hydrogen-bond donors (Lipinski definition) is 2. The van der Waals surface area contributed by atoms with Crippen LogP contribution in [-0.2, 0) is 14.8 Å². The van der Waals surface area contributed by atoms with Crippen LogP contribution in [0, 0.1) is 6.92 Å². The lowest BCUT2D eigenvalue weighted by atomic mass is 9.76. The van der Waals surface area contributed by atoms with Crippen molar-refractivity contribution < 1.29 is 22.7 Å². The standard InChI is InChI=1S/C33H42N4O5S/c1-21-14-15-31(41-4)29(16-21)34-33(38)42-26-19-23-8-5-9-24(20-26)37(23)25-17-22(18-25)35-43(39,40)32-13-7-10-27-28(32)11-6-12-30(27)36(2)3/h6-7,10-16,22-26,35H,5,8-9,17-20H2,1-4H3,(H,34,38). The molecule has 2 atom stereocenters. The topological polar surface area (TPSA) is 100 Å². The molecular weight excluding hydrogens is 564 g/mol. The Morgan fingerprint density at radius 3 is 2.33 bits per heavy atom. The van der Waals surface area contributed by atoms with Crippen LogP contribution in [0.3, 0.4) is 0 Å². The second kappa shape index (κ2) is 12.0. The highest BCUT2D eigenvalue weighted by molar-refractivity contribution is 7.89. The van der Waals surface area contributed by atoms with Crippen LogP contribution in [-0.4, -0.2) is 70.9 Å². The molecule has 9 nitrogen and oxygen atoms in total. The van der Waals surface area contributed by atoms with E-state index in [2.05, 4.69) is 14.9 Å². The van der Waals surface area contributed by atoms with Gasteiger partial charge in [-0.2, -0.15) is 0 Å². The number of aryl methyl sites for hydroxylation is 1. The minimum atomic E-state index is -3.68. The predicted molar refractivity (Wildman–Crippen MR) is 170 cm³/mol. The van der Waals surface area contributed by atoms with E-state index in [-0.39, 0.29) is 12.1 Å². The molecule has 10 heteroatoms. The summed E-state index contributed by atoms with van der Waals surface area (Å²) >= 11 is 0. The van der Waals surface area contributed by atoms with Crippen LogP contribution in [0.1, 0.15) is 50.5 Å². The summed E-state index contributed by atoms with van der Waals surface area (Å²) in [5.41, 5.74) is 2.62. The smallest absolute Gasteiger partial charge is 0.412 e. The molecule has 1 aliphatic carbocycles. The van der Waals surface area contributed by atoms with Crippen molar-refractivity contribution in [3.63, 3.8) is 0 Å². The number of methoxy groups -OCH3 is 1. The van der Waals surface area contributed by atoms with E-state index in [9.17, 15) is 13.2 Å². The second-order valence-electron chi connectivity index (χ2n) is 12.5. The fraction of sp³-hybridized carbons (Fsp3) is 0.485. The number of rotatable bonds is 8. The third kappa shape index (κ3) is 6.05. The number of nitrogens with zero attached hydrogens (tertiary/aromatic N) is 2. The van der Waals surface area contributed by atoms with Gasteiger partial charge in [0.05, 0.1) is 17.7 Å². The van der Waals surface area contributed by atoms with E-state index in [1.165, 1.54) is 6.42 Å². The Labute approximate surface area is 254 Å². The Hall–Kier alpha value is -3.34. The molecule has 0 spiro atoms. The summed E-state index contributed by atoms with van der Waals surface area (Å²) < 4.78 is 41.4. The zero-order valence-corrected chi connectivity index (χ0v) is 26.2. The third-order valence-electron chi connectivity index (χ3n) is 9.34. The van der Waals surface area contributed by atoms with Crippen molar-refractivity contribution in [3.05, 3.63) is 60.2 Å². The molecule has 3 aromatic carbocycles. The monoisotopic (exact) mass is 606 g/mol. The quantitative estimate of drug-likeness (QED) is 0.341. The SMILES string of the molecule is COc1ccc(C)cc1NC(=O)OC1CC2CCCC(C1)N2C1CC(NS(=O)(=O)c2cccc3c(N(C)C)cccc23)C1. The number of anilines is 2. The van der Waals surface area contributed by atoms with Crippen LogP contribution >= 0.6 is 0 Å². The molecule has 2 N–H and O–H groups in total. The highest BCUT2D eigenvalue weighted by Crippen LogP contribution is 2.42. The maximum Gasteiger partial charge on any atom is 0.412 e. The van der Waals surface area contributed by atoms with Gasteiger partial charge in [0.2, 0.25) is 10.0 Å². The summed E-state index contributed by atoms with van der Waals surface area (Å²) in [6.45, 7) is 1.97. The van der Waals surface area contributed by atoms with E-state index in [0.717, 1.165) is 60.5 Å². The number of sulfonamides is 1. The summed E-state index contributed by atoms with van der Waals surface area (Å²) in [7, 11) is 1.83. The number of carbonyl (C=O) groups excluding carboxylic acids is 1. The molecule has 2 heterocycles. The summed E-state index contributed by atoms with van der Waals surface area (Å²) in [6, 6.07) is 17.8. The number of amides is 1. The maximum absolute atomic E-state index is 13.5. The molecule has 3 aliphatic rings. The normalized spacial score (nSPS) is 25.5. The number of piperidine rings is 2. The van der Waals surface area contributed by atoms with Crippen molar-refractivity contribution in [2.24, 2.45) is 0 Å². The molecule has 2 aliphatic heterocycles. The molecular formula is C33H42N4O5S. The van der Waals surface area contributed by atoms with Gasteiger partial charge in [-0.25, -0.2) is 17.9 Å². The molecule has 3 aromatic rings. The van der Waals surface area contributed by atoms with Gasteiger partial charge in [0.15, 0.2) is 0 Å². The van der Waals surface area contributed by atoms with Crippen LogP contribution in [0.2, 0.25) is 0 Å². The number of benzene rings is 3. The van der Waals surface area contributed by atoms with Crippen LogP contribution in [0.25, 0.3) is 10.8 Å². The molecule has 2 bridgehead atoms. The molecule has 1 amide bonds. The van der Waals surface area contributed by atoms with Gasteiger partial charge in [0, 0.05) is 67.6 Å². The Morgan fingerprint density at radius 2 is 1.63 bits per heavy atom. The van der Waals surface area contributed by atoms with E-state index in [4.69, 9.17) is 9.47 Å². The Balaban J connectivity index is 1.07. The first kappa shape index (κ1) is 29.7. The average Bonchev–Trinajstić information content (AvgIpc) is 2.94. The highest BCUT2D eigenvalue weighted by atomic mass is 32.2. The summed E-state index contributed by atoms with van der Waals surface area (Å²) in [5.74, 6) is 0.600. The molecule has 0 aromatic heterocycles. The van der Waals surface area contributed by atoms with Gasteiger partial charge in [0.25, 0.3) is 0 Å². The van der Waals surface area contributed by atoms with Gasteiger partial charge in [-0.3, -0.25) is 10.2 Å². The molecule has 3 fully saturated rings. The van der Waals surface area contributed by atoms with E-state index >= 15 is 0 Å². The summed E-state index contributed by atoms with van der Waals surface area (Å²) in [4.78, 5) is 17.8. The van der Waals surface area contributed by atoms with E-state index in [1.807, 2.05) is 74.4 Å². The Bertz CT molecular complexity index is 1590. The number of hydrogen-bond acceptors (Lipinski definition) is 7. The van der Waals surface area contributed by atoms with Crippen molar-refractivity contribution in [3.8, 4) is 5.75 Å². The summed E-state index contributed by atoms with van der Waals surface area (Å²) in [5, 5.41) is 4.52. The number of ether oxygens (including phenoxy) is 2. The van der Waals surface area contributed by atoms with Crippen LogP contribution in [0.15, 0.2) is 59.5 Å². The fourth-order valence-electron chi connectivity index (χ4n) is 7.37. The van der Waals surface area contributed by atoms with Crippen molar-refractivity contribution in [1.82, 2.24) is 9.62 Å². The van der Waals surface area contributed by atoms with Gasteiger partial charge in [-0.1, -0.05) is 36.8 Å². The molecule has 0 radical (unpaired) electrons. The number of fused-ring (bicyclic) bond motifs is 3. The van der Waals surface area contributed by atoms with Gasteiger partial charge in [-0.05, 0) is 62.4 Å². The van der Waals surface area contributed by atoms with Crippen molar-refractivity contribution in [2.75, 3.05) is 31.4 Å². The predicted octanol–water partition coefficient (Wildman–Crippen LogP) is 5.67. The average molecular weight is 607 g/mol. The maximum atomic E-state index is 13.5. The number of carbonyl (C=O) groups is 1. The van der Waals surface area contributed by atoms with Crippen LogP contribution in [0.5, 0.6) is 5.75 Å². The van der Waals surface area contributed by atoms with Gasteiger partial charge >= 0.3 is 6.09 Å². The van der Waals surface area contributed by atoms with Crippen LogP contribution < -0.4 is 19.7 Å². The first-order valence-corrected chi connectivity index (χ1v) is 16.7. The molecule has 1 saturated carbocycles. The fourth-order valence-corrected chi connectivity index (χ4v) is 8.85. The molecule has 2 unspecified atom stereocenters. The molecule has 43 heavy (non-hydrogen) atoms. The molecule has 230 valence electrons. The zero-order valence-electron chi connectivity index (χ0n) is 25.4. The van der Waals surface area contributed by atoms with E-state index in [1.54, 1.807) is 13.2 Å². The van der Waals surface area contributed by atoms with Crippen molar-refractivity contribution >= 4 is 38.3 Å². The minimum absolute atomic E-state index is 0.0907. The van der Waals surface area contributed by atoms with Crippen LogP contribution in [0.4, 0.5) is 16.2 Å². The third-order valence-corrected chi connectivity index (χ3v) is 10.9. The summed E-state index contributed by atoms with van der Waals surface area (Å²) in [6.07, 6.45) is 5.89. The van der Waals surface area contributed by atoms with Gasteiger partial charge in [-0.15, -0.1) is 0 Å². The lowest BCUT2D eigenvalue weighted by Gasteiger charge is -2.55. The Kier molecular flexibility index (Phi) is 8.28. The van der Waals surface area contributed by atoms with Crippen molar-refractivity contribution in [1.29, 1.82) is 0 Å². The molecule has 2 saturated heterocycles. The molecule has 6 rings (SSSR count).